The van der Waals surface area contributed by atoms with Gasteiger partial charge in [-0.2, -0.15) is 0 Å². The van der Waals surface area contributed by atoms with Gasteiger partial charge in [0.05, 0.1) is 27.0 Å². The Hall–Kier alpha value is -3.52. The van der Waals surface area contributed by atoms with Crippen LogP contribution in [0.25, 0.3) is 22.2 Å². The van der Waals surface area contributed by atoms with Crippen molar-refractivity contribution in [3.8, 4) is 28.5 Å². The SMILES string of the molecule is COc1ccc2[nH]c(C)c(-c3csc(NC(=O)CCc4ccc(OC)c(OC)c4)n3)c2c1. The number of fused-ring (bicyclic) bond motifs is 1. The highest BCUT2D eigenvalue weighted by molar-refractivity contribution is 7.14. The molecular weight excluding hydrogens is 426 g/mol. The van der Waals surface area contributed by atoms with Crippen molar-refractivity contribution in [1.29, 1.82) is 0 Å². The van der Waals surface area contributed by atoms with Gasteiger partial charge in [-0.15, -0.1) is 11.3 Å². The molecule has 2 heterocycles. The van der Waals surface area contributed by atoms with Gasteiger partial charge in [-0.25, -0.2) is 4.98 Å². The molecule has 7 nitrogen and oxygen atoms in total. The number of anilines is 1. The third-order valence-corrected chi connectivity index (χ3v) is 6.05. The second kappa shape index (κ2) is 9.32. The second-order valence-corrected chi connectivity index (χ2v) is 8.17. The van der Waals surface area contributed by atoms with E-state index in [1.54, 1.807) is 21.3 Å². The quantitative estimate of drug-likeness (QED) is 0.385. The lowest BCUT2D eigenvalue weighted by Crippen LogP contribution is -2.12. The van der Waals surface area contributed by atoms with Crippen molar-refractivity contribution in [2.45, 2.75) is 19.8 Å². The van der Waals surface area contributed by atoms with Crippen LogP contribution in [0.15, 0.2) is 41.8 Å². The number of thiazole rings is 1. The Bertz CT molecular complexity index is 1260. The number of ether oxygens (including phenoxy) is 3. The van der Waals surface area contributed by atoms with Gasteiger partial charge >= 0.3 is 0 Å². The van der Waals surface area contributed by atoms with Crippen molar-refractivity contribution in [2.24, 2.45) is 0 Å². The average molecular weight is 452 g/mol. The highest BCUT2D eigenvalue weighted by atomic mass is 32.1. The molecule has 0 fully saturated rings. The summed E-state index contributed by atoms with van der Waals surface area (Å²) in [5.74, 6) is 2.02. The number of H-pyrrole nitrogens is 1. The minimum atomic E-state index is -0.0852. The monoisotopic (exact) mass is 451 g/mol. The summed E-state index contributed by atoms with van der Waals surface area (Å²) in [7, 11) is 4.85. The maximum atomic E-state index is 12.5. The van der Waals surface area contributed by atoms with Gasteiger partial charge in [0, 0.05) is 34.0 Å². The van der Waals surface area contributed by atoms with Crippen molar-refractivity contribution >= 4 is 33.3 Å². The summed E-state index contributed by atoms with van der Waals surface area (Å²) in [6.07, 6.45) is 0.930. The number of aryl methyl sites for hydroxylation is 2. The molecule has 0 atom stereocenters. The van der Waals surface area contributed by atoms with E-state index in [9.17, 15) is 4.79 Å². The summed E-state index contributed by atoms with van der Waals surface area (Å²) >= 11 is 1.41. The molecule has 8 heteroatoms. The lowest BCUT2D eigenvalue weighted by atomic mass is 10.1. The first-order valence-corrected chi connectivity index (χ1v) is 11.0. The molecule has 4 aromatic rings. The van der Waals surface area contributed by atoms with Gasteiger partial charge in [-0.3, -0.25) is 4.79 Å². The van der Waals surface area contributed by atoms with Gasteiger partial charge < -0.3 is 24.5 Å². The average Bonchev–Trinajstić information content (AvgIpc) is 3.39. The van der Waals surface area contributed by atoms with Gasteiger partial charge in [-0.1, -0.05) is 6.07 Å². The highest BCUT2D eigenvalue weighted by Crippen LogP contribution is 2.35. The van der Waals surface area contributed by atoms with Crippen molar-refractivity contribution in [3.63, 3.8) is 0 Å². The minimum Gasteiger partial charge on any atom is -0.497 e. The van der Waals surface area contributed by atoms with E-state index in [2.05, 4.69) is 15.3 Å². The fourth-order valence-corrected chi connectivity index (χ4v) is 4.40. The smallest absolute Gasteiger partial charge is 0.226 e. The van der Waals surface area contributed by atoms with Crippen molar-refractivity contribution in [1.82, 2.24) is 9.97 Å². The predicted octanol–water partition coefficient (Wildman–Crippen LogP) is 5.20. The third-order valence-electron chi connectivity index (χ3n) is 5.29. The Morgan fingerprint density at radius 3 is 2.62 bits per heavy atom. The number of hydrogen-bond acceptors (Lipinski definition) is 6. The zero-order chi connectivity index (χ0) is 22.7. The van der Waals surface area contributed by atoms with E-state index in [4.69, 9.17) is 14.2 Å². The Morgan fingerprint density at radius 2 is 1.88 bits per heavy atom. The first-order chi connectivity index (χ1) is 15.5. The van der Waals surface area contributed by atoms with Crippen LogP contribution in [0, 0.1) is 6.92 Å². The van der Waals surface area contributed by atoms with Gasteiger partial charge in [0.15, 0.2) is 16.6 Å². The molecule has 0 aliphatic rings. The Morgan fingerprint density at radius 1 is 1.06 bits per heavy atom. The van der Waals surface area contributed by atoms with E-state index in [-0.39, 0.29) is 5.91 Å². The van der Waals surface area contributed by atoms with Crippen LogP contribution in [0.1, 0.15) is 17.7 Å². The molecule has 0 saturated carbocycles. The molecule has 0 aliphatic heterocycles. The van der Waals surface area contributed by atoms with E-state index < -0.39 is 0 Å². The van der Waals surface area contributed by atoms with Gasteiger partial charge in [-0.05, 0) is 49.2 Å². The van der Waals surface area contributed by atoms with Crippen LogP contribution in [0.2, 0.25) is 0 Å². The van der Waals surface area contributed by atoms with Gasteiger partial charge in [0.2, 0.25) is 5.91 Å². The van der Waals surface area contributed by atoms with Crippen molar-refractivity contribution in [2.75, 3.05) is 26.6 Å². The van der Waals surface area contributed by atoms with Gasteiger partial charge in [0.1, 0.15) is 5.75 Å². The molecule has 32 heavy (non-hydrogen) atoms. The van der Waals surface area contributed by atoms with Crippen molar-refractivity contribution < 1.29 is 19.0 Å². The number of carbonyl (C=O) groups excluding carboxylic acids is 1. The van der Waals surface area contributed by atoms with E-state index in [1.165, 1.54) is 11.3 Å². The van der Waals surface area contributed by atoms with E-state index in [1.807, 2.05) is 48.7 Å². The third kappa shape index (κ3) is 4.40. The highest BCUT2D eigenvalue weighted by Gasteiger charge is 2.16. The summed E-state index contributed by atoms with van der Waals surface area (Å²) < 4.78 is 16.0. The number of carbonyl (C=O) groups is 1. The number of nitrogens with one attached hydrogen (secondary N) is 2. The number of rotatable bonds is 8. The van der Waals surface area contributed by atoms with E-state index >= 15 is 0 Å². The summed E-state index contributed by atoms with van der Waals surface area (Å²) in [4.78, 5) is 20.5. The molecule has 166 valence electrons. The molecule has 0 spiro atoms. The van der Waals surface area contributed by atoms with Crippen LogP contribution in [-0.2, 0) is 11.2 Å². The molecule has 2 aromatic carbocycles. The molecule has 0 radical (unpaired) electrons. The molecule has 0 aliphatic carbocycles. The summed E-state index contributed by atoms with van der Waals surface area (Å²) in [5, 5.41) is 6.49. The largest absolute Gasteiger partial charge is 0.497 e. The fourth-order valence-electron chi connectivity index (χ4n) is 3.68. The van der Waals surface area contributed by atoms with E-state index in [0.29, 0.717) is 29.5 Å². The lowest BCUT2D eigenvalue weighted by molar-refractivity contribution is -0.116. The number of hydrogen-bond donors (Lipinski definition) is 2. The molecule has 0 saturated heterocycles. The number of benzene rings is 2. The topological polar surface area (TPSA) is 85.5 Å². The van der Waals surface area contributed by atoms with Gasteiger partial charge in [0.25, 0.3) is 0 Å². The number of methoxy groups -OCH3 is 3. The maximum Gasteiger partial charge on any atom is 0.226 e. The standard InChI is InChI=1S/C24H25N3O4S/c1-14-23(17-12-16(29-2)7-8-18(17)25-14)19-13-32-24(26-19)27-22(28)10-6-15-5-9-20(30-3)21(11-15)31-4/h5,7-9,11-13,25H,6,10H2,1-4H3,(H,26,27,28). The Labute approximate surface area is 190 Å². The number of aromatic amines is 1. The molecule has 2 N–H and O–H groups in total. The minimum absolute atomic E-state index is 0.0852. The predicted molar refractivity (Wildman–Crippen MR) is 127 cm³/mol. The maximum absolute atomic E-state index is 12.5. The zero-order valence-corrected chi connectivity index (χ0v) is 19.3. The van der Waals surface area contributed by atoms with Crippen LogP contribution >= 0.6 is 11.3 Å². The second-order valence-electron chi connectivity index (χ2n) is 7.31. The molecule has 2 aromatic heterocycles. The number of amides is 1. The fraction of sp³-hybridized carbons (Fsp3) is 0.250. The van der Waals surface area contributed by atoms with E-state index in [0.717, 1.165) is 39.2 Å². The zero-order valence-electron chi connectivity index (χ0n) is 18.4. The number of nitrogens with zero attached hydrogens (tertiary/aromatic N) is 1. The lowest BCUT2D eigenvalue weighted by Gasteiger charge is -2.09. The summed E-state index contributed by atoms with van der Waals surface area (Å²) in [6.45, 7) is 2.02. The van der Waals surface area contributed by atoms with Crippen LogP contribution in [-0.4, -0.2) is 37.2 Å². The summed E-state index contributed by atoms with van der Waals surface area (Å²) in [6, 6.07) is 11.6. The molecular formula is C24H25N3O4S. The number of aromatic nitrogens is 2. The van der Waals surface area contributed by atoms with Crippen LogP contribution < -0.4 is 19.5 Å². The van der Waals surface area contributed by atoms with Crippen molar-refractivity contribution in [3.05, 3.63) is 53.0 Å². The molecule has 1 amide bonds. The Kier molecular flexibility index (Phi) is 6.32. The first-order valence-electron chi connectivity index (χ1n) is 10.2. The first kappa shape index (κ1) is 21.7. The Balaban J connectivity index is 1.45. The van der Waals surface area contributed by atoms with Crippen LogP contribution in [0.4, 0.5) is 5.13 Å². The normalized spacial score (nSPS) is 10.9. The molecule has 0 bridgehead atoms. The van der Waals surface area contributed by atoms with Crippen LogP contribution in [0.5, 0.6) is 17.2 Å². The molecule has 4 rings (SSSR count). The summed E-state index contributed by atoms with van der Waals surface area (Å²) in [5.41, 5.74) is 4.88. The molecule has 0 unspecified atom stereocenters. The van der Waals surface area contributed by atoms with Crippen LogP contribution in [0.3, 0.4) is 0 Å².